The first-order chi connectivity index (χ1) is 8.34. The Kier molecular flexibility index (Phi) is 5.76. The van der Waals surface area contributed by atoms with E-state index in [0.717, 1.165) is 24.8 Å². The Morgan fingerprint density at radius 2 is 1.79 bits per heavy atom. The van der Waals surface area contributed by atoms with Crippen LogP contribution in [0.3, 0.4) is 0 Å². The number of halogens is 1. The number of anilines is 1. The molecular weight excluding hydrogens is 304 g/mol. The van der Waals surface area contributed by atoms with E-state index in [4.69, 9.17) is 0 Å². The average Bonchev–Trinajstić information content (AvgIpc) is 2.39. The van der Waals surface area contributed by atoms with E-state index in [2.05, 4.69) is 47.1 Å². The Labute approximate surface area is 124 Å². The maximum Gasteiger partial charge on any atom is 0.136 e. The first kappa shape index (κ1) is 15.9. The van der Waals surface area contributed by atoms with Crippen molar-refractivity contribution in [2.45, 2.75) is 19.8 Å². The highest BCUT2D eigenvalue weighted by Gasteiger charge is 2.18. The summed E-state index contributed by atoms with van der Waals surface area (Å²) in [5.74, 6) is 2.02. The summed E-state index contributed by atoms with van der Waals surface area (Å²) in [6.07, 6.45) is 4.49. The van der Waals surface area contributed by atoms with Gasteiger partial charge in [0, 0.05) is 24.7 Å². The lowest BCUT2D eigenvalue weighted by molar-refractivity contribution is 0.437. The molecule has 1 saturated heterocycles. The van der Waals surface area contributed by atoms with Crippen molar-refractivity contribution in [1.82, 2.24) is 4.98 Å². The Balaban J connectivity index is 0.000000902. The Morgan fingerprint density at radius 3 is 2.53 bits per heavy atom. The number of piperidine rings is 1. The predicted octanol–water partition coefficient (Wildman–Crippen LogP) is 3.22. The second-order valence-corrected chi connectivity index (χ2v) is 5.03. The summed E-state index contributed by atoms with van der Waals surface area (Å²) in [4.78, 5) is 7.01. The first-order valence-electron chi connectivity index (χ1n) is 6.43. The van der Waals surface area contributed by atoms with Crippen LogP contribution in [0.1, 0.15) is 19.8 Å². The Hall–Kier alpha value is -1.13. The monoisotopic (exact) mass is 324 g/mol. The molecule has 3 rings (SSSR count). The van der Waals surface area contributed by atoms with E-state index in [-0.39, 0.29) is 22.5 Å². The standard InChI is InChI=1S/C15H18N2.BrH.H2O/c1-12-7-10-17(11-8-12)15-14-5-3-2-4-13(14)6-9-16-15;;/h2-6,9,12H,7-8,10-11H2,1H3;1H;1H2. The van der Waals surface area contributed by atoms with Crippen molar-refractivity contribution in [3.05, 3.63) is 36.5 Å². The summed E-state index contributed by atoms with van der Waals surface area (Å²) in [6.45, 7) is 4.62. The normalized spacial score (nSPS) is 15.7. The molecule has 4 heteroatoms. The molecule has 0 bridgehead atoms. The van der Waals surface area contributed by atoms with Crippen LogP contribution >= 0.6 is 17.0 Å². The van der Waals surface area contributed by atoms with Gasteiger partial charge >= 0.3 is 0 Å². The van der Waals surface area contributed by atoms with Crippen molar-refractivity contribution in [3.8, 4) is 0 Å². The van der Waals surface area contributed by atoms with Crippen molar-refractivity contribution >= 4 is 33.6 Å². The first-order valence-corrected chi connectivity index (χ1v) is 6.43. The van der Waals surface area contributed by atoms with Crippen LogP contribution in [0.5, 0.6) is 0 Å². The quantitative estimate of drug-likeness (QED) is 0.808. The third kappa shape index (κ3) is 3.25. The van der Waals surface area contributed by atoms with Gasteiger partial charge in [0.2, 0.25) is 0 Å². The number of benzene rings is 1. The Bertz CT molecular complexity index is 519. The van der Waals surface area contributed by atoms with Gasteiger partial charge in [0.25, 0.3) is 0 Å². The molecule has 0 atom stereocenters. The van der Waals surface area contributed by atoms with Crippen LogP contribution in [-0.4, -0.2) is 23.5 Å². The molecule has 2 aromatic rings. The maximum atomic E-state index is 4.58. The van der Waals surface area contributed by atoms with Crippen LogP contribution in [0.4, 0.5) is 5.82 Å². The number of pyridine rings is 1. The van der Waals surface area contributed by atoms with Crippen molar-refractivity contribution in [2.24, 2.45) is 5.92 Å². The van der Waals surface area contributed by atoms with Crippen LogP contribution in [0.25, 0.3) is 10.8 Å². The van der Waals surface area contributed by atoms with Crippen molar-refractivity contribution < 1.29 is 5.48 Å². The zero-order chi connectivity index (χ0) is 11.7. The highest BCUT2D eigenvalue weighted by molar-refractivity contribution is 8.93. The molecule has 1 aliphatic heterocycles. The number of fused-ring (bicyclic) bond motifs is 1. The minimum Gasteiger partial charge on any atom is -0.412 e. The molecule has 2 N–H and O–H groups in total. The van der Waals surface area contributed by atoms with Crippen LogP contribution in [0, 0.1) is 5.92 Å². The fourth-order valence-electron chi connectivity index (χ4n) is 2.58. The molecule has 0 aliphatic carbocycles. The molecule has 0 radical (unpaired) electrons. The van der Waals surface area contributed by atoms with E-state index in [0.29, 0.717) is 0 Å². The van der Waals surface area contributed by atoms with Crippen LogP contribution < -0.4 is 4.90 Å². The van der Waals surface area contributed by atoms with Crippen LogP contribution in [0.2, 0.25) is 0 Å². The predicted molar refractivity (Wildman–Crippen MR) is 86.3 cm³/mol. The largest absolute Gasteiger partial charge is 0.412 e. The van der Waals surface area contributed by atoms with Gasteiger partial charge in [-0.1, -0.05) is 31.2 Å². The molecule has 1 aromatic carbocycles. The van der Waals surface area contributed by atoms with E-state index in [1.54, 1.807) is 0 Å². The molecule has 0 spiro atoms. The van der Waals surface area contributed by atoms with E-state index >= 15 is 0 Å². The van der Waals surface area contributed by atoms with Gasteiger partial charge in [-0.2, -0.15) is 0 Å². The number of nitrogens with zero attached hydrogens (tertiary/aromatic N) is 2. The van der Waals surface area contributed by atoms with Crippen molar-refractivity contribution in [1.29, 1.82) is 0 Å². The van der Waals surface area contributed by atoms with Crippen LogP contribution in [0.15, 0.2) is 36.5 Å². The molecule has 1 aliphatic rings. The molecule has 1 aromatic heterocycles. The summed E-state index contributed by atoms with van der Waals surface area (Å²) < 4.78 is 0. The second kappa shape index (κ2) is 6.87. The summed E-state index contributed by atoms with van der Waals surface area (Å²) >= 11 is 0. The van der Waals surface area contributed by atoms with E-state index in [1.807, 2.05) is 6.20 Å². The van der Waals surface area contributed by atoms with E-state index < -0.39 is 0 Å². The summed E-state index contributed by atoms with van der Waals surface area (Å²) in [5.41, 5.74) is 0. The molecule has 19 heavy (non-hydrogen) atoms. The van der Waals surface area contributed by atoms with Gasteiger partial charge in [-0.3, -0.25) is 0 Å². The smallest absolute Gasteiger partial charge is 0.136 e. The minimum atomic E-state index is 0. The van der Waals surface area contributed by atoms with E-state index in [9.17, 15) is 0 Å². The number of rotatable bonds is 1. The van der Waals surface area contributed by atoms with Gasteiger partial charge in [0.1, 0.15) is 5.82 Å². The fraction of sp³-hybridized carbons (Fsp3) is 0.400. The Morgan fingerprint density at radius 1 is 1.11 bits per heavy atom. The lowest BCUT2D eigenvalue weighted by Crippen LogP contribution is -2.33. The van der Waals surface area contributed by atoms with Crippen molar-refractivity contribution in [3.63, 3.8) is 0 Å². The van der Waals surface area contributed by atoms with Gasteiger partial charge in [0.15, 0.2) is 0 Å². The third-order valence-electron chi connectivity index (χ3n) is 3.74. The van der Waals surface area contributed by atoms with Gasteiger partial charge < -0.3 is 10.4 Å². The molecule has 0 saturated carbocycles. The van der Waals surface area contributed by atoms with Gasteiger partial charge in [0.05, 0.1) is 0 Å². The van der Waals surface area contributed by atoms with Gasteiger partial charge in [-0.25, -0.2) is 4.98 Å². The molecule has 3 nitrogen and oxygen atoms in total. The highest BCUT2D eigenvalue weighted by Crippen LogP contribution is 2.27. The summed E-state index contributed by atoms with van der Waals surface area (Å²) in [6, 6.07) is 10.6. The van der Waals surface area contributed by atoms with Crippen molar-refractivity contribution in [2.75, 3.05) is 18.0 Å². The SMILES string of the molecule is Br.CC1CCN(c2nccc3ccccc23)CC1.O. The zero-order valence-electron chi connectivity index (χ0n) is 11.2. The van der Waals surface area contributed by atoms with Gasteiger partial charge in [-0.05, 0) is 30.2 Å². The summed E-state index contributed by atoms with van der Waals surface area (Å²) in [5, 5.41) is 2.57. The molecule has 0 amide bonds. The third-order valence-corrected chi connectivity index (χ3v) is 3.74. The lowest BCUT2D eigenvalue weighted by atomic mass is 9.99. The van der Waals surface area contributed by atoms with Gasteiger partial charge in [-0.15, -0.1) is 17.0 Å². The van der Waals surface area contributed by atoms with Crippen LogP contribution in [-0.2, 0) is 0 Å². The summed E-state index contributed by atoms with van der Waals surface area (Å²) in [7, 11) is 0. The van der Waals surface area contributed by atoms with E-state index in [1.165, 1.54) is 23.6 Å². The molecule has 2 heterocycles. The average molecular weight is 325 g/mol. The number of aromatic nitrogens is 1. The highest BCUT2D eigenvalue weighted by atomic mass is 79.9. The number of hydrogen-bond donors (Lipinski definition) is 0. The molecule has 0 unspecified atom stereocenters. The lowest BCUT2D eigenvalue weighted by Gasteiger charge is -2.31. The molecule has 104 valence electrons. The maximum absolute atomic E-state index is 4.58. The zero-order valence-corrected chi connectivity index (χ0v) is 12.9. The minimum absolute atomic E-state index is 0. The topological polar surface area (TPSA) is 47.6 Å². The molecule has 1 fully saturated rings. The number of hydrogen-bond acceptors (Lipinski definition) is 2. The second-order valence-electron chi connectivity index (χ2n) is 5.03. The fourth-order valence-corrected chi connectivity index (χ4v) is 2.58. The molecular formula is C15H21BrN2O.